The van der Waals surface area contributed by atoms with Crippen LogP contribution in [0.3, 0.4) is 0 Å². The van der Waals surface area contributed by atoms with Gasteiger partial charge in [-0.25, -0.2) is 4.99 Å². The van der Waals surface area contributed by atoms with Crippen molar-refractivity contribution in [1.82, 2.24) is 0 Å². The molecule has 0 aromatic heterocycles. The van der Waals surface area contributed by atoms with Crippen LogP contribution in [0.25, 0.3) is 10.8 Å². The van der Waals surface area contributed by atoms with Gasteiger partial charge in [0, 0.05) is 23.1 Å². The zero-order chi connectivity index (χ0) is 30.2. The van der Waals surface area contributed by atoms with Crippen LogP contribution in [0, 0.1) is 0 Å². The third kappa shape index (κ3) is 5.99. The topological polar surface area (TPSA) is 24.7 Å². The highest BCUT2D eigenvalue weighted by Gasteiger charge is 2.29. The van der Waals surface area contributed by atoms with Gasteiger partial charge in [0.25, 0.3) is 0 Å². The fourth-order valence-corrected chi connectivity index (χ4v) is 8.17. The number of nitrogens with zero attached hydrogens (tertiary/aromatic N) is 2. The Hall–Kier alpha value is -3.87. The fourth-order valence-electron chi connectivity index (χ4n) is 5.99. The van der Waals surface area contributed by atoms with Gasteiger partial charge in [0.15, 0.2) is 0 Å². The van der Waals surface area contributed by atoms with Crippen LogP contribution >= 0.6 is 7.92 Å². The van der Waals surface area contributed by atoms with Crippen LogP contribution in [0.4, 0.5) is 5.69 Å². The van der Waals surface area contributed by atoms with E-state index in [2.05, 4.69) is 157 Å². The van der Waals surface area contributed by atoms with Gasteiger partial charge in [0.2, 0.25) is 0 Å². The number of aliphatic imine (C=N–C) groups is 2. The van der Waals surface area contributed by atoms with Crippen molar-refractivity contribution in [2.45, 2.75) is 52.4 Å². The van der Waals surface area contributed by atoms with E-state index in [4.69, 9.17) is 9.98 Å². The number of hydrogen-bond acceptors (Lipinski definition) is 2. The van der Waals surface area contributed by atoms with Gasteiger partial charge < -0.3 is 0 Å². The molecule has 0 amide bonds. The van der Waals surface area contributed by atoms with E-state index in [1.165, 1.54) is 43.6 Å². The van der Waals surface area contributed by atoms with Gasteiger partial charge >= 0.3 is 0 Å². The van der Waals surface area contributed by atoms with E-state index in [0.29, 0.717) is 0 Å². The Labute approximate surface area is 258 Å². The van der Waals surface area contributed by atoms with E-state index >= 15 is 0 Å². The minimum absolute atomic E-state index is 0.0347. The van der Waals surface area contributed by atoms with Gasteiger partial charge in [0.05, 0.1) is 17.1 Å². The normalized spacial score (nSPS) is 15.2. The third-order valence-corrected chi connectivity index (χ3v) is 10.8. The Morgan fingerprint density at radius 1 is 0.581 bits per heavy atom. The molecular formula is C40H41N2P. The van der Waals surface area contributed by atoms with Crippen LogP contribution < -0.4 is 10.6 Å². The lowest BCUT2D eigenvalue weighted by atomic mass is 9.81. The first-order chi connectivity index (χ1) is 20.6. The molecule has 5 aromatic rings. The average Bonchev–Trinajstić information content (AvgIpc) is 3.29. The summed E-state index contributed by atoms with van der Waals surface area (Å²) >= 11 is 0. The average molecular weight is 581 g/mol. The summed E-state index contributed by atoms with van der Waals surface area (Å²) in [6, 6.07) is 41.9. The summed E-state index contributed by atoms with van der Waals surface area (Å²) in [5, 5.41) is 5.29. The van der Waals surface area contributed by atoms with Crippen LogP contribution in [0.15, 0.2) is 125 Å². The smallest absolute Gasteiger partial charge is 0.0974 e. The SMILES string of the molecule is CC(C)(C)c1ccc(C(C)(C)C)c(N=C2C(=NCCP(c3ccccc3)c3ccccc3)c3cccc4cccc2c34)c1. The first-order valence-electron chi connectivity index (χ1n) is 15.3. The van der Waals surface area contributed by atoms with Crippen molar-refractivity contribution in [1.29, 1.82) is 0 Å². The van der Waals surface area contributed by atoms with Crippen molar-refractivity contribution in [3.05, 3.63) is 138 Å². The van der Waals surface area contributed by atoms with Crippen molar-refractivity contribution in [3.63, 3.8) is 0 Å². The second kappa shape index (κ2) is 11.7. The third-order valence-electron chi connectivity index (χ3n) is 8.27. The fraction of sp³-hybridized carbons (Fsp3) is 0.250. The largest absolute Gasteiger partial charge is 0.282 e. The Balaban J connectivity index is 1.47. The molecule has 0 aliphatic heterocycles. The molecule has 0 bridgehead atoms. The van der Waals surface area contributed by atoms with E-state index in [-0.39, 0.29) is 10.8 Å². The standard InChI is InChI=1S/C40H41N2P/c1-39(2,3)29-23-24-34(40(4,5)6)35(27-29)42-38-33-22-14-16-28-15-13-21-32(36(28)33)37(38)41-25-26-43(30-17-9-7-10-18-30)31-19-11-8-12-20-31/h7-24,27H,25-26H2,1-6H3. The minimum atomic E-state index is -0.521. The Bertz CT molecular complexity index is 1780. The van der Waals surface area contributed by atoms with Gasteiger partial charge in [-0.1, -0.05) is 151 Å². The molecule has 0 atom stereocenters. The summed E-state index contributed by atoms with van der Waals surface area (Å²) in [7, 11) is -0.521. The molecule has 43 heavy (non-hydrogen) atoms. The van der Waals surface area contributed by atoms with Crippen molar-refractivity contribution < 1.29 is 0 Å². The lowest BCUT2D eigenvalue weighted by molar-refractivity contribution is 0.578. The predicted molar refractivity (Wildman–Crippen MR) is 189 cm³/mol. The zero-order valence-electron chi connectivity index (χ0n) is 26.2. The van der Waals surface area contributed by atoms with Crippen LogP contribution in [0.2, 0.25) is 0 Å². The molecule has 2 nitrogen and oxygen atoms in total. The molecule has 0 spiro atoms. The Morgan fingerprint density at radius 2 is 1.16 bits per heavy atom. The maximum Gasteiger partial charge on any atom is 0.0974 e. The lowest BCUT2D eigenvalue weighted by Crippen LogP contribution is -2.17. The molecule has 0 radical (unpaired) electrons. The first-order valence-corrected chi connectivity index (χ1v) is 16.8. The molecule has 1 aliphatic carbocycles. The molecule has 6 rings (SSSR count). The second-order valence-electron chi connectivity index (χ2n) is 13.5. The first kappa shape index (κ1) is 29.2. The Morgan fingerprint density at radius 3 is 1.72 bits per heavy atom. The monoisotopic (exact) mass is 580 g/mol. The summed E-state index contributed by atoms with van der Waals surface area (Å²) in [5.41, 5.74) is 7.98. The lowest BCUT2D eigenvalue weighted by Gasteiger charge is -2.25. The molecule has 5 aromatic carbocycles. The maximum absolute atomic E-state index is 5.53. The predicted octanol–water partition coefficient (Wildman–Crippen LogP) is 9.49. The van der Waals surface area contributed by atoms with E-state index in [9.17, 15) is 0 Å². The molecule has 0 saturated carbocycles. The highest BCUT2D eigenvalue weighted by Crippen LogP contribution is 2.39. The summed E-state index contributed by atoms with van der Waals surface area (Å²) in [6.07, 6.45) is 0.985. The van der Waals surface area contributed by atoms with Gasteiger partial charge in [-0.2, -0.15) is 0 Å². The summed E-state index contributed by atoms with van der Waals surface area (Å²) in [6.45, 7) is 14.4. The van der Waals surface area contributed by atoms with Crippen LogP contribution in [0.5, 0.6) is 0 Å². The number of rotatable bonds is 6. The molecule has 0 heterocycles. The van der Waals surface area contributed by atoms with Gasteiger partial charge in [-0.05, 0) is 58.1 Å². The van der Waals surface area contributed by atoms with Crippen LogP contribution in [-0.2, 0) is 10.8 Å². The van der Waals surface area contributed by atoms with Crippen molar-refractivity contribution in [2.24, 2.45) is 9.98 Å². The summed E-state index contributed by atoms with van der Waals surface area (Å²) in [4.78, 5) is 10.9. The maximum atomic E-state index is 5.53. The van der Waals surface area contributed by atoms with Gasteiger partial charge in [-0.15, -0.1) is 0 Å². The quantitative estimate of drug-likeness (QED) is 0.179. The summed E-state index contributed by atoms with van der Waals surface area (Å²) in [5.74, 6) is 0. The van der Waals surface area contributed by atoms with E-state index in [1.54, 1.807) is 0 Å². The van der Waals surface area contributed by atoms with E-state index in [0.717, 1.165) is 29.8 Å². The molecular weight excluding hydrogens is 539 g/mol. The Kier molecular flexibility index (Phi) is 7.92. The van der Waals surface area contributed by atoms with Crippen LogP contribution in [0.1, 0.15) is 63.8 Å². The van der Waals surface area contributed by atoms with E-state index < -0.39 is 7.92 Å². The van der Waals surface area contributed by atoms with Crippen LogP contribution in [-0.4, -0.2) is 24.1 Å². The summed E-state index contributed by atoms with van der Waals surface area (Å²) < 4.78 is 0. The molecule has 0 fully saturated rings. The van der Waals surface area contributed by atoms with Crippen molar-refractivity contribution >= 4 is 46.4 Å². The van der Waals surface area contributed by atoms with Crippen molar-refractivity contribution in [3.8, 4) is 0 Å². The highest BCUT2D eigenvalue weighted by atomic mass is 31.1. The van der Waals surface area contributed by atoms with Gasteiger partial charge in [-0.3, -0.25) is 4.99 Å². The van der Waals surface area contributed by atoms with E-state index in [1.807, 2.05) is 0 Å². The minimum Gasteiger partial charge on any atom is -0.282 e. The highest BCUT2D eigenvalue weighted by molar-refractivity contribution is 7.73. The molecule has 0 N–H and O–H groups in total. The number of benzene rings is 5. The molecule has 3 heteroatoms. The molecule has 1 aliphatic rings. The van der Waals surface area contributed by atoms with Gasteiger partial charge in [0.1, 0.15) is 0 Å². The zero-order valence-corrected chi connectivity index (χ0v) is 27.1. The number of hydrogen-bond donors (Lipinski definition) is 0. The molecule has 0 unspecified atom stereocenters. The molecule has 0 saturated heterocycles. The van der Waals surface area contributed by atoms with Crippen molar-refractivity contribution in [2.75, 3.05) is 12.7 Å². The second-order valence-corrected chi connectivity index (χ2v) is 15.8. The molecule has 216 valence electrons.